The molecule has 0 bridgehead atoms. The van der Waals surface area contributed by atoms with E-state index < -0.39 is 0 Å². The van der Waals surface area contributed by atoms with Crippen LogP contribution < -0.4 is 15.4 Å². The number of amides is 2. The van der Waals surface area contributed by atoms with Crippen LogP contribution in [0.5, 0.6) is 5.75 Å². The molecule has 0 aliphatic carbocycles. The average molecular weight is 297 g/mol. The van der Waals surface area contributed by atoms with Crippen molar-refractivity contribution < 1.29 is 14.3 Å². The molecule has 0 aromatic heterocycles. The second-order valence-electron chi connectivity index (χ2n) is 4.75. The van der Waals surface area contributed by atoms with Gasteiger partial charge in [0.15, 0.2) is 0 Å². The molecule has 2 rings (SSSR count). The van der Waals surface area contributed by atoms with Crippen molar-refractivity contribution in [2.24, 2.45) is 0 Å². The fourth-order valence-electron chi connectivity index (χ4n) is 2.02. The van der Waals surface area contributed by atoms with E-state index in [9.17, 15) is 9.59 Å². The highest BCUT2D eigenvalue weighted by Gasteiger charge is 2.09. The maximum atomic E-state index is 12.1. The zero-order chi connectivity index (χ0) is 15.9. The van der Waals surface area contributed by atoms with Crippen LogP contribution in [0, 0.1) is 6.92 Å². The van der Waals surface area contributed by atoms with E-state index in [0.29, 0.717) is 11.4 Å². The fourth-order valence-corrected chi connectivity index (χ4v) is 2.02. The quantitative estimate of drug-likeness (QED) is 0.889. The Morgan fingerprint density at radius 1 is 1.14 bits per heavy atom. The van der Waals surface area contributed by atoms with Crippen LogP contribution in [-0.4, -0.2) is 19.4 Å². The van der Waals surface area contributed by atoms with Gasteiger partial charge in [0.25, 0.3) is 0 Å². The number of urea groups is 1. The first-order valence-corrected chi connectivity index (χ1v) is 6.79. The summed E-state index contributed by atoms with van der Waals surface area (Å²) in [6.45, 7) is 1.92. The molecule has 0 aliphatic heterocycles. The maximum absolute atomic E-state index is 12.1. The number of nitrogens with one attached hydrogen (secondary N) is 2. The highest BCUT2D eigenvalue weighted by molar-refractivity contribution is 6.01. The number of carbonyl (C=O) groups is 1. The van der Waals surface area contributed by atoms with Crippen molar-refractivity contribution in [1.29, 1.82) is 0 Å². The van der Waals surface area contributed by atoms with Crippen LogP contribution in [0.4, 0.5) is 16.2 Å². The van der Waals surface area contributed by atoms with E-state index in [2.05, 4.69) is 10.6 Å². The lowest BCUT2D eigenvalue weighted by Crippen LogP contribution is -2.20. The molecule has 2 aromatic rings. The van der Waals surface area contributed by atoms with Gasteiger partial charge in [-0.05, 0) is 36.2 Å². The van der Waals surface area contributed by atoms with Gasteiger partial charge in [0, 0.05) is 12.1 Å². The summed E-state index contributed by atoms with van der Waals surface area (Å²) in [5, 5.41) is 5.51. The van der Waals surface area contributed by atoms with Gasteiger partial charge in [-0.1, -0.05) is 24.3 Å². The number of aryl methyl sites for hydroxylation is 1. The van der Waals surface area contributed by atoms with Gasteiger partial charge in [-0.15, -0.1) is 0 Å². The van der Waals surface area contributed by atoms with Gasteiger partial charge in [-0.25, -0.2) is 4.79 Å². The Morgan fingerprint density at radius 2 is 1.86 bits per heavy atom. The molecule has 2 N–H and O–H groups in total. The van der Waals surface area contributed by atoms with E-state index in [0.717, 1.165) is 16.8 Å². The van der Waals surface area contributed by atoms with E-state index in [-0.39, 0.29) is 12.5 Å². The van der Waals surface area contributed by atoms with Crippen molar-refractivity contribution in [3.8, 4) is 5.75 Å². The number of ether oxygens (including phenoxy) is 1. The van der Waals surface area contributed by atoms with Crippen LogP contribution >= 0.6 is 0 Å². The van der Waals surface area contributed by atoms with Crippen LogP contribution in [0.15, 0.2) is 42.5 Å². The number of anilines is 2. The molecule has 0 fully saturated rings. The normalized spacial score (nSPS) is 9.91. The smallest absolute Gasteiger partial charge is 0.323 e. The minimum atomic E-state index is -0.359. The first-order chi connectivity index (χ1) is 10.6. The summed E-state index contributed by atoms with van der Waals surface area (Å²) >= 11 is 0. The standard InChI is InChI=1S/C17H17N2O3/c1-12-5-3-4-6-14(12)18-17(21)19-15-8-7-13(9-10-20)11-16(15)22-2/h3-8,11H,9H2,1-2H3,(H2,18,19,21). The predicted octanol–water partition coefficient (Wildman–Crippen LogP) is 3.30. The number of para-hydroxylation sites is 1. The molecule has 0 saturated carbocycles. The molecule has 0 aliphatic rings. The van der Waals surface area contributed by atoms with Gasteiger partial charge in [-0.2, -0.15) is 0 Å². The summed E-state index contributed by atoms with van der Waals surface area (Å²) in [6, 6.07) is 12.3. The summed E-state index contributed by atoms with van der Waals surface area (Å²) in [5.41, 5.74) is 3.02. The summed E-state index contributed by atoms with van der Waals surface area (Å²) in [7, 11) is 1.51. The Balaban J connectivity index is 2.11. The minimum Gasteiger partial charge on any atom is -0.495 e. The van der Waals surface area contributed by atoms with Gasteiger partial charge in [0.05, 0.1) is 12.8 Å². The van der Waals surface area contributed by atoms with Crippen molar-refractivity contribution in [1.82, 2.24) is 0 Å². The Bertz CT molecular complexity index is 683. The molecule has 0 heterocycles. The molecule has 0 saturated heterocycles. The van der Waals surface area contributed by atoms with Crippen LogP contribution in [0.1, 0.15) is 11.1 Å². The molecule has 113 valence electrons. The highest BCUT2D eigenvalue weighted by atomic mass is 16.5. The van der Waals surface area contributed by atoms with E-state index in [1.165, 1.54) is 7.11 Å². The Labute approximate surface area is 129 Å². The topological polar surface area (TPSA) is 67.4 Å². The molecule has 0 unspecified atom stereocenters. The third-order valence-corrected chi connectivity index (χ3v) is 3.18. The molecule has 5 nitrogen and oxygen atoms in total. The van der Waals surface area contributed by atoms with Crippen LogP contribution in [-0.2, 0) is 11.2 Å². The van der Waals surface area contributed by atoms with Crippen molar-refractivity contribution in [2.45, 2.75) is 13.3 Å². The molecule has 2 aromatic carbocycles. The SMILES string of the molecule is COc1cc(C[C]=O)ccc1NC(=O)Nc1ccccc1C. The third kappa shape index (κ3) is 3.85. The van der Waals surface area contributed by atoms with E-state index in [1.807, 2.05) is 37.5 Å². The predicted molar refractivity (Wildman–Crippen MR) is 86.2 cm³/mol. The third-order valence-electron chi connectivity index (χ3n) is 3.18. The summed E-state index contributed by atoms with van der Waals surface area (Å²) in [4.78, 5) is 22.5. The van der Waals surface area contributed by atoms with Crippen molar-refractivity contribution >= 4 is 23.7 Å². The number of carbonyl (C=O) groups excluding carboxylic acids is 2. The molecule has 2 amide bonds. The van der Waals surface area contributed by atoms with Gasteiger partial charge in [0.2, 0.25) is 6.29 Å². The molecule has 22 heavy (non-hydrogen) atoms. The molecular weight excluding hydrogens is 280 g/mol. The number of hydrogen-bond donors (Lipinski definition) is 2. The first-order valence-electron chi connectivity index (χ1n) is 6.79. The molecule has 1 radical (unpaired) electrons. The lowest BCUT2D eigenvalue weighted by atomic mass is 10.1. The van der Waals surface area contributed by atoms with Crippen LogP contribution in [0.3, 0.4) is 0 Å². The highest BCUT2D eigenvalue weighted by Crippen LogP contribution is 2.26. The number of benzene rings is 2. The molecule has 5 heteroatoms. The van der Waals surface area contributed by atoms with E-state index in [1.54, 1.807) is 18.2 Å². The number of rotatable bonds is 5. The van der Waals surface area contributed by atoms with E-state index in [4.69, 9.17) is 4.74 Å². The van der Waals surface area contributed by atoms with Gasteiger partial charge >= 0.3 is 6.03 Å². The zero-order valence-corrected chi connectivity index (χ0v) is 12.5. The monoisotopic (exact) mass is 297 g/mol. The maximum Gasteiger partial charge on any atom is 0.323 e. The zero-order valence-electron chi connectivity index (χ0n) is 12.5. The summed E-state index contributed by atoms with van der Waals surface area (Å²) in [6.07, 6.45) is 2.02. The largest absolute Gasteiger partial charge is 0.495 e. The van der Waals surface area contributed by atoms with Gasteiger partial charge in [0.1, 0.15) is 5.75 Å². The second kappa shape index (κ2) is 7.26. The second-order valence-corrected chi connectivity index (χ2v) is 4.75. The summed E-state index contributed by atoms with van der Waals surface area (Å²) < 4.78 is 5.23. The fraction of sp³-hybridized carbons (Fsp3) is 0.176. The van der Waals surface area contributed by atoms with Crippen molar-refractivity contribution in [3.63, 3.8) is 0 Å². The van der Waals surface area contributed by atoms with Gasteiger partial charge in [-0.3, -0.25) is 4.79 Å². The summed E-state index contributed by atoms with van der Waals surface area (Å²) in [5.74, 6) is 0.493. The number of methoxy groups -OCH3 is 1. The molecular formula is C17H17N2O3. The Hall–Kier alpha value is -2.82. The minimum absolute atomic E-state index is 0.187. The van der Waals surface area contributed by atoms with Gasteiger partial charge < -0.3 is 15.4 Å². The number of hydrogen-bond acceptors (Lipinski definition) is 3. The molecule has 0 spiro atoms. The van der Waals surface area contributed by atoms with E-state index >= 15 is 0 Å². The van der Waals surface area contributed by atoms with Crippen molar-refractivity contribution in [3.05, 3.63) is 53.6 Å². The lowest BCUT2D eigenvalue weighted by Gasteiger charge is -2.13. The first kappa shape index (κ1) is 15.6. The van der Waals surface area contributed by atoms with Crippen LogP contribution in [0.25, 0.3) is 0 Å². The van der Waals surface area contributed by atoms with Crippen molar-refractivity contribution in [2.75, 3.05) is 17.7 Å². The Kier molecular flexibility index (Phi) is 5.14. The van der Waals surface area contributed by atoms with Crippen LogP contribution in [0.2, 0.25) is 0 Å². The Morgan fingerprint density at radius 3 is 2.55 bits per heavy atom. The lowest BCUT2D eigenvalue weighted by molar-refractivity contribution is 0.262. The average Bonchev–Trinajstić information content (AvgIpc) is 2.51. The molecule has 0 atom stereocenters.